The Morgan fingerprint density at radius 3 is 2.65 bits per heavy atom. The summed E-state index contributed by atoms with van der Waals surface area (Å²) in [5.74, 6) is 7.13. The molecular formula is C17H24. The molecule has 0 aliphatic carbocycles. The molecule has 0 N–H and O–H groups in total. The van der Waals surface area contributed by atoms with Gasteiger partial charge >= 0.3 is 0 Å². The number of unbranched alkanes of at least 4 members (excludes halogenated alkanes) is 4. The molecule has 0 unspecified atom stereocenters. The maximum atomic E-state index is 3.28. The molecule has 0 aromatic heterocycles. The van der Waals surface area contributed by atoms with Crippen LogP contribution in [0.1, 0.15) is 69.9 Å². The zero-order valence-electron chi connectivity index (χ0n) is 11.4. The van der Waals surface area contributed by atoms with E-state index in [1.54, 1.807) is 0 Å². The second kappa shape index (κ2) is 7.96. The van der Waals surface area contributed by atoms with Crippen molar-refractivity contribution in [1.29, 1.82) is 0 Å². The molecule has 0 saturated carbocycles. The molecule has 0 bridgehead atoms. The molecule has 1 aromatic carbocycles. The van der Waals surface area contributed by atoms with Gasteiger partial charge in [-0.25, -0.2) is 0 Å². The van der Waals surface area contributed by atoms with Crippen LogP contribution < -0.4 is 0 Å². The van der Waals surface area contributed by atoms with Crippen LogP contribution in [0.2, 0.25) is 0 Å². The third kappa shape index (κ3) is 5.59. The first-order chi connectivity index (χ1) is 8.24. The van der Waals surface area contributed by atoms with E-state index in [-0.39, 0.29) is 0 Å². The summed E-state index contributed by atoms with van der Waals surface area (Å²) in [5.41, 5.74) is 2.54. The highest BCUT2D eigenvalue weighted by atomic mass is 14.0. The van der Waals surface area contributed by atoms with Crippen LogP contribution in [0.3, 0.4) is 0 Å². The maximum absolute atomic E-state index is 3.28. The van der Waals surface area contributed by atoms with Gasteiger partial charge in [-0.05, 0) is 30.0 Å². The fourth-order valence-electron chi connectivity index (χ4n) is 1.78. The number of hydrogen-bond donors (Lipinski definition) is 0. The fraction of sp³-hybridized carbons (Fsp3) is 0.529. The second-order valence-corrected chi connectivity index (χ2v) is 4.89. The highest BCUT2D eigenvalue weighted by Gasteiger charge is 1.97. The zero-order chi connectivity index (χ0) is 12.5. The van der Waals surface area contributed by atoms with Gasteiger partial charge < -0.3 is 0 Å². The van der Waals surface area contributed by atoms with Gasteiger partial charge in [0.2, 0.25) is 0 Å². The molecule has 1 aromatic rings. The Bertz CT molecular complexity index is 377. The van der Waals surface area contributed by atoms with Crippen molar-refractivity contribution >= 4 is 0 Å². The van der Waals surface area contributed by atoms with Gasteiger partial charge in [0.05, 0.1) is 0 Å². The summed E-state index contributed by atoms with van der Waals surface area (Å²) in [6.07, 6.45) is 6.22. The van der Waals surface area contributed by atoms with Crippen LogP contribution in [0.15, 0.2) is 24.3 Å². The van der Waals surface area contributed by atoms with Gasteiger partial charge in [-0.15, -0.1) is 0 Å². The number of rotatable bonds is 5. The minimum atomic E-state index is 0.585. The summed E-state index contributed by atoms with van der Waals surface area (Å²) in [6.45, 7) is 6.68. The molecule has 0 heterocycles. The summed E-state index contributed by atoms with van der Waals surface area (Å²) in [6, 6.07) is 8.60. The molecule has 0 heteroatoms. The first-order valence-corrected chi connectivity index (χ1v) is 6.83. The summed E-state index contributed by atoms with van der Waals surface area (Å²) >= 11 is 0. The van der Waals surface area contributed by atoms with E-state index in [0.717, 1.165) is 12.0 Å². The van der Waals surface area contributed by atoms with E-state index in [1.165, 1.54) is 31.2 Å². The average Bonchev–Trinajstić information content (AvgIpc) is 2.34. The van der Waals surface area contributed by atoms with Crippen molar-refractivity contribution in [1.82, 2.24) is 0 Å². The molecule has 0 atom stereocenters. The fourth-order valence-corrected chi connectivity index (χ4v) is 1.78. The van der Waals surface area contributed by atoms with Gasteiger partial charge in [0.25, 0.3) is 0 Å². The van der Waals surface area contributed by atoms with Crippen molar-refractivity contribution in [2.75, 3.05) is 0 Å². The Kier molecular flexibility index (Phi) is 6.48. The Hall–Kier alpha value is -1.22. The predicted molar refractivity (Wildman–Crippen MR) is 76.2 cm³/mol. The summed E-state index contributed by atoms with van der Waals surface area (Å²) in [7, 11) is 0. The molecule has 0 aliphatic heterocycles. The Balaban J connectivity index is 2.45. The molecule has 0 spiro atoms. The van der Waals surface area contributed by atoms with Crippen molar-refractivity contribution in [3.63, 3.8) is 0 Å². The Morgan fingerprint density at radius 2 is 1.94 bits per heavy atom. The SMILES string of the molecule is CCCCCCC#Cc1cccc(C(C)C)c1. The molecule has 0 nitrogen and oxygen atoms in total. The molecule has 17 heavy (non-hydrogen) atoms. The molecule has 0 saturated heterocycles. The molecule has 92 valence electrons. The summed E-state index contributed by atoms with van der Waals surface area (Å²) < 4.78 is 0. The van der Waals surface area contributed by atoms with Crippen LogP contribution in [-0.2, 0) is 0 Å². The monoisotopic (exact) mass is 228 g/mol. The Labute approximate surface area is 106 Å². The highest BCUT2D eigenvalue weighted by Crippen LogP contribution is 2.14. The quantitative estimate of drug-likeness (QED) is 0.484. The van der Waals surface area contributed by atoms with Crippen LogP contribution in [0.4, 0.5) is 0 Å². The van der Waals surface area contributed by atoms with E-state index in [0.29, 0.717) is 5.92 Å². The van der Waals surface area contributed by atoms with Crippen molar-refractivity contribution in [2.24, 2.45) is 0 Å². The minimum Gasteiger partial charge on any atom is -0.0979 e. The number of benzene rings is 1. The van der Waals surface area contributed by atoms with Crippen LogP contribution in [-0.4, -0.2) is 0 Å². The van der Waals surface area contributed by atoms with Crippen LogP contribution in [0.25, 0.3) is 0 Å². The predicted octanol–water partition coefficient (Wildman–Crippen LogP) is 5.13. The van der Waals surface area contributed by atoms with Gasteiger partial charge in [0, 0.05) is 12.0 Å². The maximum Gasteiger partial charge on any atom is 0.0248 e. The van der Waals surface area contributed by atoms with Crippen LogP contribution in [0.5, 0.6) is 0 Å². The molecule has 0 aliphatic rings. The van der Waals surface area contributed by atoms with E-state index in [9.17, 15) is 0 Å². The smallest absolute Gasteiger partial charge is 0.0248 e. The lowest BCUT2D eigenvalue weighted by molar-refractivity contribution is 0.679. The van der Waals surface area contributed by atoms with Gasteiger partial charge in [0.1, 0.15) is 0 Å². The van der Waals surface area contributed by atoms with E-state index >= 15 is 0 Å². The van der Waals surface area contributed by atoms with Crippen LogP contribution in [0, 0.1) is 11.8 Å². The molecule has 0 amide bonds. The van der Waals surface area contributed by atoms with E-state index in [2.05, 4.69) is 56.9 Å². The first kappa shape index (κ1) is 13.8. The first-order valence-electron chi connectivity index (χ1n) is 6.83. The van der Waals surface area contributed by atoms with Gasteiger partial charge in [-0.2, -0.15) is 0 Å². The molecular weight excluding hydrogens is 204 g/mol. The van der Waals surface area contributed by atoms with E-state index < -0.39 is 0 Å². The summed E-state index contributed by atoms with van der Waals surface area (Å²) in [5, 5.41) is 0. The van der Waals surface area contributed by atoms with Crippen molar-refractivity contribution in [3.8, 4) is 11.8 Å². The van der Waals surface area contributed by atoms with Crippen molar-refractivity contribution < 1.29 is 0 Å². The third-order valence-electron chi connectivity index (χ3n) is 2.94. The second-order valence-electron chi connectivity index (χ2n) is 4.89. The Morgan fingerprint density at radius 1 is 1.12 bits per heavy atom. The normalized spacial score (nSPS) is 10.1. The zero-order valence-corrected chi connectivity index (χ0v) is 11.4. The van der Waals surface area contributed by atoms with E-state index in [4.69, 9.17) is 0 Å². The van der Waals surface area contributed by atoms with Gasteiger partial charge in [0.15, 0.2) is 0 Å². The average molecular weight is 228 g/mol. The molecule has 0 radical (unpaired) electrons. The van der Waals surface area contributed by atoms with Crippen molar-refractivity contribution in [2.45, 2.75) is 58.8 Å². The lowest BCUT2D eigenvalue weighted by atomic mass is 10.0. The van der Waals surface area contributed by atoms with Gasteiger partial charge in [-0.1, -0.05) is 64.0 Å². The standard InChI is InChI=1S/C17H24/c1-4-5-6-7-8-9-11-16-12-10-13-17(14-16)15(2)3/h10,12-15H,4-8H2,1-3H3. The van der Waals surface area contributed by atoms with E-state index in [1.807, 2.05) is 0 Å². The topological polar surface area (TPSA) is 0 Å². The van der Waals surface area contributed by atoms with Crippen LogP contribution >= 0.6 is 0 Å². The number of hydrogen-bond acceptors (Lipinski definition) is 0. The largest absolute Gasteiger partial charge is 0.0979 e. The third-order valence-corrected chi connectivity index (χ3v) is 2.94. The van der Waals surface area contributed by atoms with Gasteiger partial charge in [-0.3, -0.25) is 0 Å². The molecule has 0 fully saturated rings. The minimum absolute atomic E-state index is 0.585. The molecule has 1 rings (SSSR count). The highest BCUT2D eigenvalue weighted by molar-refractivity contribution is 5.37. The lowest BCUT2D eigenvalue weighted by Gasteiger charge is -2.04. The van der Waals surface area contributed by atoms with Crippen molar-refractivity contribution in [3.05, 3.63) is 35.4 Å². The lowest BCUT2D eigenvalue weighted by Crippen LogP contribution is -1.87. The summed E-state index contributed by atoms with van der Waals surface area (Å²) in [4.78, 5) is 0.